The first kappa shape index (κ1) is 16.1. The highest BCUT2D eigenvalue weighted by Gasteiger charge is 2.33. The number of carbonyl (C=O) groups is 1. The maximum atomic E-state index is 12.7. The average molecular weight is 334 g/mol. The summed E-state index contributed by atoms with van der Waals surface area (Å²) in [5.74, 6) is 1.32. The molecule has 2 unspecified atom stereocenters. The van der Waals surface area contributed by atoms with Crippen molar-refractivity contribution in [3.05, 3.63) is 34.1 Å². The van der Waals surface area contributed by atoms with Gasteiger partial charge in [-0.15, -0.1) is 11.3 Å². The summed E-state index contributed by atoms with van der Waals surface area (Å²) in [6.45, 7) is 2.81. The minimum atomic E-state index is -0.107. The molecule has 0 aromatic carbocycles. The lowest BCUT2D eigenvalue weighted by Gasteiger charge is -2.33. The van der Waals surface area contributed by atoms with Gasteiger partial charge in [0.2, 0.25) is 5.89 Å². The summed E-state index contributed by atoms with van der Waals surface area (Å²) in [7, 11) is 1.91. The third kappa shape index (κ3) is 3.61. The molecule has 124 valence electrons. The first-order valence-electron chi connectivity index (χ1n) is 8.03. The van der Waals surface area contributed by atoms with E-state index in [9.17, 15) is 4.79 Å². The van der Waals surface area contributed by atoms with Crippen molar-refractivity contribution in [2.45, 2.75) is 44.7 Å². The van der Waals surface area contributed by atoms with Gasteiger partial charge in [0.25, 0.3) is 5.91 Å². The third-order valence-electron chi connectivity index (χ3n) is 4.25. The van der Waals surface area contributed by atoms with Crippen LogP contribution in [0.1, 0.15) is 53.6 Å². The highest BCUT2D eigenvalue weighted by atomic mass is 32.1. The molecule has 0 aliphatic carbocycles. The molecule has 3 heterocycles. The fourth-order valence-electron chi connectivity index (χ4n) is 2.83. The monoisotopic (exact) mass is 334 g/mol. The zero-order chi connectivity index (χ0) is 16.2. The minimum Gasteiger partial charge on any atom is -0.337 e. The van der Waals surface area contributed by atoms with E-state index < -0.39 is 0 Å². The van der Waals surface area contributed by atoms with Crippen LogP contribution < -0.4 is 5.32 Å². The number of amides is 1. The van der Waals surface area contributed by atoms with Crippen LogP contribution in [0, 0.1) is 0 Å². The van der Waals surface area contributed by atoms with Gasteiger partial charge in [-0.25, -0.2) is 0 Å². The Bertz CT molecular complexity index is 640. The number of piperidine rings is 1. The van der Waals surface area contributed by atoms with Crippen molar-refractivity contribution in [3.63, 3.8) is 0 Å². The number of carbonyl (C=O) groups excluding carboxylic acids is 1. The van der Waals surface area contributed by atoms with Crippen molar-refractivity contribution in [1.29, 1.82) is 0 Å². The molecule has 1 aliphatic rings. The van der Waals surface area contributed by atoms with Gasteiger partial charge in [0.05, 0.1) is 4.88 Å². The molecule has 2 aromatic heterocycles. The van der Waals surface area contributed by atoms with Crippen molar-refractivity contribution >= 4 is 17.2 Å². The molecule has 0 saturated carbocycles. The lowest BCUT2D eigenvalue weighted by atomic mass is 10.0. The number of hydrogen-bond acceptors (Lipinski definition) is 6. The van der Waals surface area contributed by atoms with Crippen LogP contribution in [0.2, 0.25) is 0 Å². The second-order valence-corrected chi connectivity index (χ2v) is 6.88. The van der Waals surface area contributed by atoms with Crippen LogP contribution in [0.15, 0.2) is 22.0 Å². The van der Waals surface area contributed by atoms with Crippen molar-refractivity contribution in [2.24, 2.45) is 0 Å². The van der Waals surface area contributed by atoms with Crippen LogP contribution >= 0.6 is 11.3 Å². The molecule has 23 heavy (non-hydrogen) atoms. The van der Waals surface area contributed by atoms with Crippen LogP contribution in [-0.2, 0) is 6.42 Å². The molecule has 7 heteroatoms. The number of aromatic nitrogens is 2. The summed E-state index contributed by atoms with van der Waals surface area (Å²) >= 11 is 1.47. The predicted molar refractivity (Wildman–Crippen MR) is 88.5 cm³/mol. The third-order valence-corrected chi connectivity index (χ3v) is 5.10. The summed E-state index contributed by atoms with van der Waals surface area (Å²) in [6, 6.07) is 3.95. The number of thiophene rings is 1. The second-order valence-electron chi connectivity index (χ2n) is 5.93. The number of likely N-dealkylation sites (N-methyl/N-ethyl adjacent to an activating group) is 1. The van der Waals surface area contributed by atoms with E-state index in [1.165, 1.54) is 11.3 Å². The molecule has 3 rings (SSSR count). The Morgan fingerprint density at radius 1 is 1.57 bits per heavy atom. The highest BCUT2D eigenvalue weighted by Crippen LogP contribution is 2.32. The van der Waals surface area contributed by atoms with E-state index in [0.29, 0.717) is 18.1 Å². The van der Waals surface area contributed by atoms with Gasteiger partial charge in [-0.05, 0) is 44.7 Å². The number of likely N-dealkylation sites (tertiary alicyclic amines) is 1. The molecule has 1 saturated heterocycles. The molecule has 2 aromatic rings. The van der Waals surface area contributed by atoms with E-state index in [1.54, 1.807) is 0 Å². The summed E-state index contributed by atoms with van der Waals surface area (Å²) < 4.78 is 5.47. The van der Waals surface area contributed by atoms with Crippen molar-refractivity contribution in [3.8, 4) is 0 Å². The van der Waals surface area contributed by atoms with Gasteiger partial charge < -0.3 is 14.7 Å². The van der Waals surface area contributed by atoms with E-state index in [1.807, 2.05) is 29.5 Å². The zero-order valence-corrected chi connectivity index (χ0v) is 14.3. The smallest absolute Gasteiger partial charge is 0.264 e. The Balaban J connectivity index is 1.77. The van der Waals surface area contributed by atoms with Crippen LogP contribution in [0.3, 0.4) is 0 Å². The number of hydrogen-bond donors (Lipinski definition) is 1. The number of rotatable bonds is 5. The van der Waals surface area contributed by atoms with Crippen LogP contribution in [-0.4, -0.2) is 40.6 Å². The Morgan fingerprint density at radius 3 is 3.17 bits per heavy atom. The lowest BCUT2D eigenvalue weighted by Crippen LogP contribution is -2.38. The van der Waals surface area contributed by atoms with Crippen molar-refractivity contribution in [1.82, 2.24) is 20.4 Å². The standard InChI is InChI=1S/C16H22N4O2S/c1-11(17-2)10-14-18-15(22-19-14)12-6-3-4-8-20(12)16(21)13-7-5-9-23-13/h5,7,9,11-12,17H,3-4,6,8,10H2,1-2H3. The van der Waals surface area contributed by atoms with Gasteiger partial charge in [0, 0.05) is 19.0 Å². The van der Waals surface area contributed by atoms with Crippen LogP contribution in [0.5, 0.6) is 0 Å². The predicted octanol–water partition coefficient (Wildman–Crippen LogP) is 2.65. The van der Waals surface area contributed by atoms with Gasteiger partial charge in [-0.2, -0.15) is 4.98 Å². The number of nitrogens with one attached hydrogen (secondary N) is 1. The molecule has 6 nitrogen and oxygen atoms in total. The molecule has 1 amide bonds. The van der Waals surface area contributed by atoms with Crippen molar-refractivity contribution < 1.29 is 9.32 Å². The summed E-state index contributed by atoms with van der Waals surface area (Å²) in [5, 5.41) is 9.16. The SMILES string of the molecule is CNC(C)Cc1noc(C2CCCCN2C(=O)c2cccs2)n1. The average Bonchev–Trinajstić information content (AvgIpc) is 3.26. The van der Waals surface area contributed by atoms with E-state index in [4.69, 9.17) is 4.52 Å². The normalized spacial score (nSPS) is 19.7. The van der Waals surface area contributed by atoms with E-state index >= 15 is 0 Å². The van der Waals surface area contributed by atoms with E-state index in [-0.39, 0.29) is 18.0 Å². The van der Waals surface area contributed by atoms with Gasteiger partial charge in [-0.3, -0.25) is 4.79 Å². The maximum absolute atomic E-state index is 12.7. The van der Waals surface area contributed by atoms with E-state index in [2.05, 4.69) is 22.4 Å². The summed E-state index contributed by atoms with van der Waals surface area (Å²) in [4.78, 5) is 19.9. The first-order chi connectivity index (χ1) is 11.2. The van der Waals surface area contributed by atoms with Gasteiger partial charge >= 0.3 is 0 Å². The molecule has 0 bridgehead atoms. The summed E-state index contributed by atoms with van der Waals surface area (Å²) in [5.41, 5.74) is 0. The fourth-order valence-corrected chi connectivity index (χ4v) is 3.51. The molecule has 1 N–H and O–H groups in total. The molecule has 2 atom stereocenters. The minimum absolute atomic E-state index is 0.0630. The number of nitrogens with zero attached hydrogens (tertiary/aromatic N) is 3. The van der Waals surface area contributed by atoms with Gasteiger partial charge in [0.15, 0.2) is 5.82 Å². The quantitative estimate of drug-likeness (QED) is 0.910. The van der Waals surface area contributed by atoms with Crippen molar-refractivity contribution in [2.75, 3.05) is 13.6 Å². The molecular formula is C16H22N4O2S. The molecular weight excluding hydrogens is 312 g/mol. The largest absolute Gasteiger partial charge is 0.337 e. The molecule has 1 fully saturated rings. The van der Waals surface area contributed by atoms with E-state index in [0.717, 1.165) is 30.7 Å². The molecule has 0 spiro atoms. The topological polar surface area (TPSA) is 71.3 Å². The Hall–Kier alpha value is -1.73. The zero-order valence-electron chi connectivity index (χ0n) is 13.5. The van der Waals surface area contributed by atoms with Crippen LogP contribution in [0.4, 0.5) is 0 Å². The Morgan fingerprint density at radius 2 is 2.43 bits per heavy atom. The lowest BCUT2D eigenvalue weighted by molar-refractivity contribution is 0.0566. The molecule has 1 aliphatic heterocycles. The fraction of sp³-hybridized carbons (Fsp3) is 0.562. The maximum Gasteiger partial charge on any atom is 0.264 e. The second kappa shape index (κ2) is 7.23. The van der Waals surface area contributed by atoms with Crippen LogP contribution in [0.25, 0.3) is 0 Å². The van der Waals surface area contributed by atoms with Gasteiger partial charge in [0.1, 0.15) is 6.04 Å². The highest BCUT2D eigenvalue weighted by molar-refractivity contribution is 7.12. The summed E-state index contributed by atoms with van der Waals surface area (Å²) in [6.07, 6.45) is 3.68. The Kier molecular flexibility index (Phi) is 5.07. The molecule has 0 radical (unpaired) electrons. The van der Waals surface area contributed by atoms with Gasteiger partial charge in [-0.1, -0.05) is 11.2 Å². The Labute approximate surface area is 139 Å². The first-order valence-corrected chi connectivity index (χ1v) is 8.91.